The largest absolute Gasteiger partial charge is 0.416 e. The van der Waals surface area contributed by atoms with E-state index in [0.717, 1.165) is 36.1 Å². The van der Waals surface area contributed by atoms with E-state index in [-0.39, 0.29) is 24.1 Å². The van der Waals surface area contributed by atoms with E-state index in [4.69, 9.17) is 0 Å². The monoisotopic (exact) mass is 547 g/mol. The normalized spacial score (nSPS) is 25.4. The van der Waals surface area contributed by atoms with Crippen molar-refractivity contribution in [2.24, 2.45) is 5.92 Å². The molecule has 2 heterocycles. The third-order valence-corrected chi connectivity index (χ3v) is 7.77. The van der Waals surface area contributed by atoms with E-state index in [2.05, 4.69) is 26.3 Å². The molecule has 1 aliphatic heterocycles. The van der Waals surface area contributed by atoms with Gasteiger partial charge in [0.25, 0.3) is 5.91 Å². The highest BCUT2D eigenvalue weighted by Gasteiger charge is 2.47. The Morgan fingerprint density at radius 1 is 1.15 bits per heavy atom. The van der Waals surface area contributed by atoms with Gasteiger partial charge in [0, 0.05) is 29.9 Å². The SMILES string of the molecule is CC(C)Nc1ccc(C2(O)CCC([C@]3(NC(=O)CNC(=O)c4cccc(C(F)(F)F)c4)CCNC3)CC2)cn1. The molecule has 39 heavy (non-hydrogen) atoms. The second-order valence-corrected chi connectivity index (χ2v) is 10.9. The zero-order chi connectivity index (χ0) is 28.3. The fourth-order valence-electron chi connectivity index (χ4n) is 5.68. The lowest BCUT2D eigenvalue weighted by Gasteiger charge is -2.44. The number of anilines is 1. The summed E-state index contributed by atoms with van der Waals surface area (Å²) in [5.41, 5.74) is -1.83. The van der Waals surface area contributed by atoms with Gasteiger partial charge in [-0.25, -0.2) is 4.98 Å². The zero-order valence-electron chi connectivity index (χ0n) is 22.2. The minimum Gasteiger partial charge on any atom is -0.385 e. The molecule has 1 saturated heterocycles. The van der Waals surface area contributed by atoms with Crippen LogP contribution in [0.5, 0.6) is 0 Å². The smallest absolute Gasteiger partial charge is 0.385 e. The summed E-state index contributed by atoms with van der Waals surface area (Å²) in [6.07, 6.45) is 0.308. The van der Waals surface area contributed by atoms with Gasteiger partial charge in [-0.15, -0.1) is 0 Å². The zero-order valence-corrected chi connectivity index (χ0v) is 22.2. The number of benzene rings is 1. The maximum atomic E-state index is 13.0. The van der Waals surface area contributed by atoms with Crippen LogP contribution in [0, 0.1) is 5.92 Å². The number of nitrogens with zero attached hydrogens (tertiary/aromatic N) is 1. The molecule has 5 N–H and O–H groups in total. The summed E-state index contributed by atoms with van der Waals surface area (Å²) in [7, 11) is 0. The molecule has 212 valence electrons. The molecule has 0 unspecified atom stereocenters. The van der Waals surface area contributed by atoms with Crippen LogP contribution in [-0.2, 0) is 16.6 Å². The van der Waals surface area contributed by atoms with Crippen LogP contribution in [0.2, 0.25) is 0 Å². The molecule has 2 aliphatic rings. The van der Waals surface area contributed by atoms with E-state index >= 15 is 0 Å². The number of halogens is 3. The minimum atomic E-state index is -4.56. The third kappa shape index (κ3) is 6.88. The Kier molecular flexibility index (Phi) is 8.51. The quantitative estimate of drug-likeness (QED) is 0.345. The lowest BCUT2D eigenvalue weighted by atomic mass is 9.68. The van der Waals surface area contributed by atoms with Crippen LogP contribution >= 0.6 is 0 Å². The molecule has 1 aromatic heterocycles. The summed E-state index contributed by atoms with van der Waals surface area (Å²) in [5, 5.41) is 23.5. The molecule has 1 saturated carbocycles. The molecular weight excluding hydrogens is 511 g/mol. The van der Waals surface area contributed by atoms with Gasteiger partial charge < -0.3 is 26.4 Å². The molecule has 2 amide bonds. The summed E-state index contributed by atoms with van der Waals surface area (Å²) in [6, 6.07) is 8.12. The molecule has 11 heteroatoms. The first-order chi connectivity index (χ1) is 18.4. The Morgan fingerprint density at radius 2 is 1.90 bits per heavy atom. The number of hydrogen-bond donors (Lipinski definition) is 5. The molecule has 1 aliphatic carbocycles. The molecule has 1 atom stereocenters. The van der Waals surface area contributed by atoms with Gasteiger partial charge in [-0.05, 0) is 82.7 Å². The molecule has 1 aromatic carbocycles. The molecule has 0 bridgehead atoms. The lowest BCUT2D eigenvalue weighted by molar-refractivity contribution is -0.137. The Balaban J connectivity index is 1.34. The highest BCUT2D eigenvalue weighted by molar-refractivity contribution is 5.96. The van der Waals surface area contributed by atoms with E-state index in [1.165, 1.54) is 6.07 Å². The molecule has 2 fully saturated rings. The van der Waals surface area contributed by atoms with Gasteiger partial charge in [-0.2, -0.15) is 13.2 Å². The summed E-state index contributed by atoms with van der Waals surface area (Å²) in [6.45, 7) is 5.00. The van der Waals surface area contributed by atoms with Crippen molar-refractivity contribution in [3.63, 3.8) is 0 Å². The van der Waals surface area contributed by atoms with Crippen molar-refractivity contribution in [3.8, 4) is 0 Å². The van der Waals surface area contributed by atoms with E-state index < -0.39 is 34.7 Å². The van der Waals surface area contributed by atoms with Crippen LogP contribution in [0.4, 0.5) is 19.0 Å². The summed E-state index contributed by atoms with van der Waals surface area (Å²) < 4.78 is 38.9. The van der Waals surface area contributed by atoms with E-state index in [0.29, 0.717) is 38.6 Å². The van der Waals surface area contributed by atoms with E-state index in [1.807, 2.05) is 26.0 Å². The molecule has 0 spiro atoms. The number of aromatic nitrogens is 1. The minimum absolute atomic E-state index is 0.116. The molecule has 4 rings (SSSR count). The van der Waals surface area contributed by atoms with Gasteiger partial charge >= 0.3 is 6.18 Å². The number of rotatable bonds is 8. The first kappa shape index (κ1) is 28.8. The second-order valence-electron chi connectivity index (χ2n) is 10.9. The van der Waals surface area contributed by atoms with Crippen LogP contribution in [0.1, 0.15) is 67.4 Å². The standard InChI is InChI=1S/C28H36F3N5O3/c1-18(2)35-23-7-6-22(15-33-23)27(39)10-8-20(9-11-27)26(12-13-32-17-26)36-24(37)16-34-25(38)19-4-3-5-21(14-19)28(29,30)31/h3-7,14-15,18,20,32,39H,8-13,16-17H2,1-2H3,(H,33,35)(H,34,38)(H,36,37)/t20?,26-,27?/m0/s1. The number of pyridine rings is 1. The van der Waals surface area contributed by atoms with Crippen molar-refractivity contribution in [2.45, 2.75) is 69.3 Å². The van der Waals surface area contributed by atoms with Crippen molar-refractivity contribution >= 4 is 17.6 Å². The average molecular weight is 548 g/mol. The highest BCUT2D eigenvalue weighted by atomic mass is 19.4. The number of carbonyl (C=O) groups is 2. The van der Waals surface area contributed by atoms with Crippen LogP contribution in [0.3, 0.4) is 0 Å². The van der Waals surface area contributed by atoms with Crippen LogP contribution in [-0.4, -0.2) is 53.1 Å². The van der Waals surface area contributed by atoms with E-state index in [1.54, 1.807) is 6.20 Å². The van der Waals surface area contributed by atoms with Crippen LogP contribution in [0.25, 0.3) is 0 Å². The van der Waals surface area contributed by atoms with Crippen LogP contribution < -0.4 is 21.3 Å². The van der Waals surface area contributed by atoms with Crippen LogP contribution in [0.15, 0.2) is 42.6 Å². The van der Waals surface area contributed by atoms with Gasteiger partial charge in [-0.3, -0.25) is 9.59 Å². The Morgan fingerprint density at radius 3 is 2.49 bits per heavy atom. The Hall–Kier alpha value is -3.18. The predicted octanol–water partition coefficient (Wildman–Crippen LogP) is 3.58. The highest BCUT2D eigenvalue weighted by Crippen LogP contribution is 2.44. The third-order valence-electron chi connectivity index (χ3n) is 7.77. The van der Waals surface area contributed by atoms with Crippen molar-refractivity contribution in [1.82, 2.24) is 20.9 Å². The summed E-state index contributed by atoms with van der Waals surface area (Å²) in [5.74, 6) is -0.284. The first-order valence-corrected chi connectivity index (χ1v) is 13.3. The van der Waals surface area contributed by atoms with Crippen molar-refractivity contribution in [2.75, 3.05) is 25.0 Å². The van der Waals surface area contributed by atoms with Crippen molar-refractivity contribution in [1.29, 1.82) is 0 Å². The summed E-state index contributed by atoms with van der Waals surface area (Å²) in [4.78, 5) is 29.7. The Bertz CT molecular complexity index is 1160. The number of alkyl halides is 3. The number of amides is 2. The fraction of sp³-hybridized carbons (Fsp3) is 0.536. The number of hydrogen-bond acceptors (Lipinski definition) is 6. The van der Waals surface area contributed by atoms with Gasteiger partial charge in [-0.1, -0.05) is 12.1 Å². The topological polar surface area (TPSA) is 115 Å². The predicted molar refractivity (Wildman–Crippen MR) is 141 cm³/mol. The molecular formula is C28H36F3N5O3. The van der Waals surface area contributed by atoms with Gasteiger partial charge in [0.2, 0.25) is 5.91 Å². The number of nitrogens with one attached hydrogen (secondary N) is 4. The van der Waals surface area contributed by atoms with Gasteiger partial charge in [0.15, 0.2) is 0 Å². The van der Waals surface area contributed by atoms with E-state index in [9.17, 15) is 27.9 Å². The number of aliphatic hydroxyl groups is 1. The van der Waals surface area contributed by atoms with Crippen molar-refractivity contribution < 1.29 is 27.9 Å². The Labute approximate surface area is 226 Å². The van der Waals surface area contributed by atoms with Gasteiger partial charge in [0.05, 0.1) is 23.2 Å². The second kappa shape index (κ2) is 11.5. The average Bonchev–Trinajstić information content (AvgIpc) is 3.36. The molecule has 0 radical (unpaired) electrons. The molecule has 2 aromatic rings. The molecule has 8 nitrogen and oxygen atoms in total. The fourth-order valence-corrected chi connectivity index (χ4v) is 5.68. The van der Waals surface area contributed by atoms with Crippen molar-refractivity contribution in [3.05, 3.63) is 59.3 Å². The number of carbonyl (C=O) groups excluding carboxylic acids is 2. The maximum absolute atomic E-state index is 13.0. The summed E-state index contributed by atoms with van der Waals surface area (Å²) >= 11 is 0. The van der Waals surface area contributed by atoms with Gasteiger partial charge in [0.1, 0.15) is 5.82 Å². The first-order valence-electron chi connectivity index (χ1n) is 13.3. The lowest BCUT2D eigenvalue weighted by Crippen LogP contribution is -2.58. The maximum Gasteiger partial charge on any atom is 0.416 e.